The summed E-state index contributed by atoms with van der Waals surface area (Å²) in [5, 5.41) is 12.0. The number of carboxylic acids is 1. The summed E-state index contributed by atoms with van der Waals surface area (Å²) < 4.78 is 53.9. The van der Waals surface area contributed by atoms with Gasteiger partial charge in [0.15, 0.2) is 0 Å². The molecule has 0 aliphatic rings. The van der Waals surface area contributed by atoms with Crippen LogP contribution in [0.3, 0.4) is 0 Å². The number of alkyl halides is 3. The number of aromatic carboxylic acids is 1. The summed E-state index contributed by atoms with van der Waals surface area (Å²) in [6.07, 6.45) is -1.44. The maximum atomic E-state index is 15.0. The molecule has 0 amide bonds. The zero-order chi connectivity index (χ0) is 26.2. The van der Waals surface area contributed by atoms with Crippen LogP contribution in [-0.2, 0) is 12.7 Å². The summed E-state index contributed by atoms with van der Waals surface area (Å²) >= 11 is 0. The number of anilines is 1. The number of benzene rings is 3. The molecule has 5 aromatic rings. The van der Waals surface area contributed by atoms with Crippen LogP contribution in [0.2, 0.25) is 0 Å². The van der Waals surface area contributed by atoms with Gasteiger partial charge in [-0.3, -0.25) is 0 Å². The van der Waals surface area contributed by atoms with Crippen LogP contribution in [0.4, 0.5) is 23.5 Å². The molecule has 0 saturated carbocycles. The molecule has 0 bridgehead atoms. The smallest absolute Gasteiger partial charge is 0.416 e. The number of fused-ring (bicyclic) bond motifs is 1. The van der Waals surface area contributed by atoms with Gasteiger partial charge in [0, 0.05) is 24.5 Å². The van der Waals surface area contributed by atoms with Crippen molar-refractivity contribution >= 4 is 23.0 Å². The van der Waals surface area contributed by atoms with E-state index in [4.69, 9.17) is 5.11 Å². The largest absolute Gasteiger partial charge is 0.478 e. The van der Waals surface area contributed by atoms with Gasteiger partial charge in [-0.1, -0.05) is 18.2 Å². The summed E-state index contributed by atoms with van der Waals surface area (Å²) in [7, 11) is 0. The second kappa shape index (κ2) is 9.34. The normalized spacial score (nSPS) is 11.6. The third-order valence-electron chi connectivity index (χ3n) is 5.67. The molecule has 7 nitrogen and oxygen atoms in total. The molecule has 0 radical (unpaired) electrons. The van der Waals surface area contributed by atoms with E-state index in [-0.39, 0.29) is 22.5 Å². The van der Waals surface area contributed by atoms with Crippen LogP contribution in [0, 0.1) is 5.82 Å². The molecule has 0 aliphatic heterocycles. The lowest BCUT2D eigenvalue weighted by Crippen LogP contribution is -2.04. The first-order valence-electron chi connectivity index (χ1n) is 10.9. The number of rotatable bonds is 6. The van der Waals surface area contributed by atoms with E-state index in [1.54, 1.807) is 18.2 Å². The Morgan fingerprint density at radius 3 is 2.32 bits per heavy atom. The fourth-order valence-electron chi connectivity index (χ4n) is 3.71. The summed E-state index contributed by atoms with van der Waals surface area (Å²) in [5.41, 5.74) is 1.84. The Labute approximate surface area is 206 Å². The standard InChI is InChI=1S/C26H17F4N5O2/c27-20-9-16(5-7-19(20)23-34-21-8-6-18(26(28,29)30)10-22(21)35-23)17-12-32-25(33-13-17)31-11-14-1-3-15(4-2-14)24(36)37/h1-10,12-13H,11H2,(H,34,35)(H,36,37)(H,31,32,33). The molecule has 3 aromatic carbocycles. The Hall–Kier alpha value is -4.80. The Morgan fingerprint density at radius 2 is 1.68 bits per heavy atom. The van der Waals surface area contributed by atoms with Crippen molar-refractivity contribution in [2.24, 2.45) is 0 Å². The molecule has 37 heavy (non-hydrogen) atoms. The lowest BCUT2D eigenvalue weighted by atomic mass is 10.1. The molecule has 0 saturated heterocycles. The van der Waals surface area contributed by atoms with Crippen molar-refractivity contribution in [2.75, 3.05) is 5.32 Å². The number of nitrogens with one attached hydrogen (secondary N) is 2. The van der Waals surface area contributed by atoms with E-state index in [0.29, 0.717) is 29.1 Å². The van der Waals surface area contributed by atoms with E-state index >= 15 is 0 Å². The number of H-pyrrole nitrogens is 1. The van der Waals surface area contributed by atoms with E-state index in [0.717, 1.165) is 17.7 Å². The zero-order valence-electron chi connectivity index (χ0n) is 18.8. The molecular formula is C26H17F4N5O2. The number of imidazole rings is 1. The van der Waals surface area contributed by atoms with Crippen molar-refractivity contribution in [2.45, 2.75) is 12.7 Å². The third kappa shape index (κ3) is 5.10. The topological polar surface area (TPSA) is 104 Å². The summed E-state index contributed by atoms with van der Waals surface area (Å²) in [6.45, 7) is 0.379. The van der Waals surface area contributed by atoms with Crippen LogP contribution in [0.15, 0.2) is 73.1 Å². The summed E-state index contributed by atoms with van der Waals surface area (Å²) in [5.74, 6) is -1.16. The van der Waals surface area contributed by atoms with Gasteiger partial charge in [-0.2, -0.15) is 13.2 Å². The highest BCUT2D eigenvalue weighted by molar-refractivity contribution is 5.87. The predicted octanol–water partition coefficient (Wildman–Crippen LogP) is 6.16. The first-order chi connectivity index (χ1) is 17.7. The van der Waals surface area contributed by atoms with E-state index in [9.17, 15) is 22.4 Å². The average molecular weight is 507 g/mol. The van der Waals surface area contributed by atoms with Gasteiger partial charge >= 0.3 is 12.1 Å². The minimum Gasteiger partial charge on any atom is -0.478 e. The van der Waals surface area contributed by atoms with Gasteiger partial charge in [0.05, 0.1) is 27.7 Å². The molecule has 0 unspecified atom stereocenters. The van der Waals surface area contributed by atoms with Crippen LogP contribution in [-0.4, -0.2) is 31.0 Å². The molecule has 2 aromatic heterocycles. The number of aromatic nitrogens is 4. The van der Waals surface area contributed by atoms with Crippen LogP contribution >= 0.6 is 0 Å². The number of halogens is 4. The molecule has 3 N–H and O–H groups in total. The van der Waals surface area contributed by atoms with Crippen molar-refractivity contribution in [1.29, 1.82) is 0 Å². The number of carbonyl (C=O) groups is 1. The van der Waals surface area contributed by atoms with Gasteiger partial charge in [0.25, 0.3) is 0 Å². The van der Waals surface area contributed by atoms with Gasteiger partial charge in [-0.15, -0.1) is 0 Å². The summed E-state index contributed by atoms with van der Waals surface area (Å²) in [6, 6.07) is 13.9. The molecule has 11 heteroatoms. The summed E-state index contributed by atoms with van der Waals surface area (Å²) in [4.78, 5) is 26.4. The van der Waals surface area contributed by atoms with Crippen LogP contribution in [0.25, 0.3) is 33.5 Å². The van der Waals surface area contributed by atoms with Crippen molar-refractivity contribution in [3.8, 4) is 22.5 Å². The molecule has 186 valence electrons. The lowest BCUT2D eigenvalue weighted by molar-refractivity contribution is -0.137. The minimum absolute atomic E-state index is 0.113. The van der Waals surface area contributed by atoms with Crippen molar-refractivity contribution in [3.63, 3.8) is 0 Å². The Bertz CT molecular complexity index is 1600. The average Bonchev–Trinajstić information content (AvgIpc) is 3.30. The quantitative estimate of drug-likeness (QED) is 0.238. The highest BCUT2D eigenvalue weighted by Gasteiger charge is 2.30. The van der Waals surface area contributed by atoms with Crippen molar-refractivity contribution in [3.05, 3.63) is 95.6 Å². The number of hydrogen-bond donors (Lipinski definition) is 3. The maximum Gasteiger partial charge on any atom is 0.416 e. The van der Waals surface area contributed by atoms with Gasteiger partial charge in [0.2, 0.25) is 5.95 Å². The molecule has 2 heterocycles. The lowest BCUT2D eigenvalue weighted by Gasteiger charge is -2.07. The monoisotopic (exact) mass is 507 g/mol. The zero-order valence-corrected chi connectivity index (χ0v) is 18.8. The SMILES string of the molecule is O=C(O)c1ccc(CNc2ncc(-c3ccc(-c4nc5ccc(C(F)(F)F)cc5[nH]4)c(F)c3)cn2)cc1. The number of hydrogen-bond acceptors (Lipinski definition) is 5. The van der Waals surface area contributed by atoms with Gasteiger partial charge in [0.1, 0.15) is 11.6 Å². The first-order valence-corrected chi connectivity index (χ1v) is 10.9. The maximum absolute atomic E-state index is 15.0. The van der Waals surface area contributed by atoms with Gasteiger partial charge in [-0.25, -0.2) is 24.1 Å². The first kappa shape index (κ1) is 23.9. The molecule has 5 rings (SSSR count). The number of carboxylic acid groups (broad SMARTS) is 1. The Balaban J connectivity index is 1.30. The fraction of sp³-hybridized carbons (Fsp3) is 0.0769. The van der Waals surface area contributed by atoms with E-state index in [2.05, 4.69) is 25.3 Å². The van der Waals surface area contributed by atoms with Crippen LogP contribution in [0.1, 0.15) is 21.5 Å². The number of aromatic amines is 1. The molecule has 0 atom stereocenters. The third-order valence-corrected chi connectivity index (χ3v) is 5.67. The Morgan fingerprint density at radius 1 is 0.946 bits per heavy atom. The predicted molar refractivity (Wildman–Crippen MR) is 128 cm³/mol. The van der Waals surface area contributed by atoms with Crippen LogP contribution in [0.5, 0.6) is 0 Å². The van der Waals surface area contributed by atoms with Crippen molar-refractivity contribution in [1.82, 2.24) is 19.9 Å². The minimum atomic E-state index is -4.49. The highest BCUT2D eigenvalue weighted by atomic mass is 19.4. The number of nitrogens with zero attached hydrogens (tertiary/aromatic N) is 3. The fourth-order valence-corrected chi connectivity index (χ4v) is 3.71. The molecule has 0 fully saturated rings. The van der Waals surface area contributed by atoms with Gasteiger partial charge < -0.3 is 15.4 Å². The van der Waals surface area contributed by atoms with Gasteiger partial charge in [-0.05, 0) is 53.6 Å². The molecule has 0 spiro atoms. The highest BCUT2D eigenvalue weighted by Crippen LogP contribution is 2.32. The molecule has 0 aliphatic carbocycles. The van der Waals surface area contributed by atoms with Crippen LogP contribution < -0.4 is 5.32 Å². The van der Waals surface area contributed by atoms with E-state index < -0.39 is 23.5 Å². The second-order valence-corrected chi connectivity index (χ2v) is 8.16. The second-order valence-electron chi connectivity index (χ2n) is 8.16. The Kier molecular flexibility index (Phi) is 6.04. The van der Waals surface area contributed by atoms with E-state index in [1.165, 1.54) is 42.7 Å². The van der Waals surface area contributed by atoms with Crippen molar-refractivity contribution < 1.29 is 27.5 Å². The molecular weight excluding hydrogens is 490 g/mol. The van der Waals surface area contributed by atoms with E-state index in [1.807, 2.05) is 0 Å².